The molecule has 0 aromatic rings. The molecule has 9 nitrogen and oxygen atoms in total. The van der Waals surface area contributed by atoms with Crippen LogP contribution in [-0.4, -0.2) is 85.8 Å². The van der Waals surface area contributed by atoms with Gasteiger partial charge in [-0.3, -0.25) is 4.79 Å². The molecule has 172 valence electrons. The molecule has 1 saturated carbocycles. The van der Waals surface area contributed by atoms with Crippen molar-refractivity contribution in [1.29, 1.82) is 0 Å². The highest BCUT2D eigenvalue weighted by Crippen LogP contribution is 2.24. The molecular weight excluding hydrogens is 408 g/mol. The summed E-state index contributed by atoms with van der Waals surface area (Å²) >= 11 is 0. The molecular formula is C20H36N4O5S. The van der Waals surface area contributed by atoms with Gasteiger partial charge >= 0.3 is 6.09 Å². The molecule has 0 aromatic heterocycles. The number of hydrogen-bond acceptors (Lipinski definition) is 5. The lowest BCUT2D eigenvalue weighted by Gasteiger charge is -2.38. The minimum Gasteiger partial charge on any atom is -0.450 e. The maximum absolute atomic E-state index is 13.1. The Balaban J connectivity index is 1.53. The summed E-state index contributed by atoms with van der Waals surface area (Å²) in [4.78, 5) is 26.2. The van der Waals surface area contributed by atoms with Gasteiger partial charge in [0.25, 0.3) is 10.2 Å². The summed E-state index contributed by atoms with van der Waals surface area (Å²) < 4.78 is 34.1. The van der Waals surface area contributed by atoms with E-state index in [-0.39, 0.29) is 37.5 Å². The van der Waals surface area contributed by atoms with E-state index in [2.05, 4.69) is 5.32 Å². The van der Waals surface area contributed by atoms with E-state index in [1.807, 2.05) is 0 Å². The first-order chi connectivity index (χ1) is 14.4. The van der Waals surface area contributed by atoms with E-state index in [1.54, 1.807) is 6.92 Å². The highest BCUT2D eigenvalue weighted by Gasteiger charge is 2.38. The summed E-state index contributed by atoms with van der Waals surface area (Å²) in [5.41, 5.74) is 0. The van der Waals surface area contributed by atoms with Gasteiger partial charge in [0, 0.05) is 45.3 Å². The van der Waals surface area contributed by atoms with E-state index >= 15 is 0 Å². The molecule has 3 aliphatic rings. The Morgan fingerprint density at radius 2 is 1.57 bits per heavy atom. The van der Waals surface area contributed by atoms with Crippen LogP contribution in [0.5, 0.6) is 0 Å². The Kier molecular flexibility index (Phi) is 8.35. The molecule has 3 fully saturated rings. The Morgan fingerprint density at radius 1 is 0.900 bits per heavy atom. The number of amides is 2. The molecule has 0 bridgehead atoms. The van der Waals surface area contributed by atoms with Crippen molar-refractivity contribution in [3.63, 3.8) is 0 Å². The largest absolute Gasteiger partial charge is 0.450 e. The molecule has 30 heavy (non-hydrogen) atoms. The van der Waals surface area contributed by atoms with E-state index in [0.29, 0.717) is 32.7 Å². The summed E-state index contributed by atoms with van der Waals surface area (Å²) in [6.07, 6.45) is 7.79. The monoisotopic (exact) mass is 444 g/mol. The fourth-order valence-electron chi connectivity index (χ4n) is 4.59. The van der Waals surface area contributed by atoms with Crippen LogP contribution in [0.1, 0.15) is 58.3 Å². The smallest absolute Gasteiger partial charge is 0.409 e. The molecule has 1 aliphatic carbocycles. The lowest BCUT2D eigenvalue weighted by Crippen LogP contribution is -2.56. The zero-order valence-electron chi connectivity index (χ0n) is 18.1. The average Bonchev–Trinajstić information content (AvgIpc) is 3.03. The predicted octanol–water partition coefficient (Wildman–Crippen LogP) is 1.56. The van der Waals surface area contributed by atoms with Crippen LogP contribution < -0.4 is 5.32 Å². The number of hydrogen-bond donors (Lipinski definition) is 1. The first-order valence-corrected chi connectivity index (χ1v) is 12.8. The first kappa shape index (κ1) is 23.3. The number of piperazine rings is 1. The number of nitrogens with zero attached hydrogens (tertiary/aromatic N) is 3. The van der Waals surface area contributed by atoms with Gasteiger partial charge in [-0.15, -0.1) is 0 Å². The van der Waals surface area contributed by atoms with Crippen LogP contribution >= 0.6 is 0 Å². The standard InChI is InChI=1S/C20H36N4O5S/c1-2-29-20(26)22-12-14-23(15-13-22)30(27,28)24-11-7-8-17(16-24)19(25)21-18-9-5-3-4-6-10-18/h17-18H,2-16H2,1H3,(H,21,25). The van der Waals surface area contributed by atoms with Gasteiger partial charge in [0.1, 0.15) is 0 Å². The number of carbonyl (C=O) groups is 2. The molecule has 1 N–H and O–H groups in total. The lowest BCUT2D eigenvalue weighted by molar-refractivity contribution is -0.126. The van der Waals surface area contributed by atoms with Gasteiger partial charge in [-0.1, -0.05) is 25.7 Å². The van der Waals surface area contributed by atoms with E-state index in [1.165, 1.54) is 26.4 Å². The van der Waals surface area contributed by atoms with Crippen LogP contribution in [0.15, 0.2) is 0 Å². The Morgan fingerprint density at radius 3 is 2.20 bits per heavy atom. The van der Waals surface area contributed by atoms with Crippen molar-refractivity contribution in [2.75, 3.05) is 45.9 Å². The normalized spacial score (nSPS) is 25.5. The minimum atomic E-state index is -3.64. The van der Waals surface area contributed by atoms with Gasteiger partial charge < -0.3 is 15.0 Å². The van der Waals surface area contributed by atoms with E-state index < -0.39 is 16.3 Å². The molecule has 1 atom stereocenters. The zero-order chi connectivity index (χ0) is 21.6. The van der Waals surface area contributed by atoms with Crippen molar-refractivity contribution in [3.8, 4) is 0 Å². The van der Waals surface area contributed by atoms with Crippen LogP contribution in [0.4, 0.5) is 4.79 Å². The molecule has 10 heteroatoms. The zero-order valence-corrected chi connectivity index (χ0v) is 18.9. The molecule has 0 spiro atoms. The molecule has 0 aromatic carbocycles. The minimum absolute atomic E-state index is 0.00562. The van der Waals surface area contributed by atoms with Gasteiger partial charge in [0.15, 0.2) is 0 Å². The highest BCUT2D eigenvalue weighted by atomic mass is 32.2. The Bertz CT molecular complexity index is 685. The Labute approximate surface area is 180 Å². The average molecular weight is 445 g/mol. The van der Waals surface area contributed by atoms with Gasteiger partial charge in [-0.05, 0) is 32.6 Å². The summed E-state index contributed by atoms with van der Waals surface area (Å²) in [7, 11) is -3.64. The molecule has 2 heterocycles. The number of piperidine rings is 1. The first-order valence-electron chi connectivity index (χ1n) is 11.4. The quantitative estimate of drug-likeness (QED) is 0.649. The van der Waals surface area contributed by atoms with Crippen LogP contribution in [0.2, 0.25) is 0 Å². The second kappa shape index (κ2) is 10.8. The number of carbonyl (C=O) groups excluding carboxylic acids is 2. The summed E-state index contributed by atoms with van der Waals surface area (Å²) in [5.74, 6) is -0.300. The maximum atomic E-state index is 13.1. The molecule has 2 amide bonds. The molecule has 1 unspecified atom stereocenters. The van der Waals surface area contributed by atoms with Crippen LogP contribution in [0, 0.1) is 5.92 Å². The van der Waals surface area contributed by atoms with Gasteiger partial charge in [-0.2, -0.15) is 17.0 Å². The van der Waals surface area contributed by atoms with Gasteiger partial charge in [0.2, 0.25) is 5.91 Å². The third-order valence-corrected chi connectivity index (χ3v) is 8.38. The number of nitrogens with one attached hydrogen (secondary N) is 1. The van der Waals surface area contributed by atoms with E-state index in [9.17, 15) is 18.0 Å². The van der Waals surface area contributed by atoms with Crippen LogP contribution in [0.3, 0.4) is 0 Å². The second-order valence-electron chi connectivity index (χ2n) is 8.49. The summed E-state index contributed by atoms with van der Waals surface area (Å²) in [6.45, 7) is 3.85. The molecule has 2 saturated heterocycles. The number of rotatable bonds is 5. The fraction of sp³-hybridized carbons (Fsp3) is 0.900. The Hall–Kier alpha value is -1.39. The molecule has 3 rings (SSSR count). The predicted molar refractivity (Wildman–Crippen MR) is 113 cm³/mol. The molecule has 0 radical (unpaired) electrons. The summed E-state index contributed by atoms with van der Waals surface area (Å²) in [6, 6.07) is 0.225. The van der Waals surface area contributed by atoms with E-state index in [4.69, 9.17) is 4.74 Å². The number of ether oxygens (including phenoxy) is 1. The lowest BCUT2D eigenvalue weighted by atomic mass is 9.97. The van der Waals surface area contributed by atoms with Crippen molar-refractivity contribution in [2.24, 2.45) is 5.92 Å². The van der Waals surface area contributed by atoms with E-state index in [0.717, 1.165) is 32.1 Å². The van der Waals surface area contributed by atoms with Crippen molar-refractivity contribution in [2.45, 2.75) is 64.3 Å². The maximum Gasteiger partial charge on any atom is 0.409 e. The third-order valence-electron chi connectivity index (χ3n) is 6.37. The SMILES string of the molecule is CCOC(=O)N1CCN(S(=O)(=O)N2CCCC(C(=O)NC3CCCCCC3)C2)CC1. The van der Waals surface area contributed by atoms with Crippen LogP contribution in [-0.2, 0) is 19.7 Å². The van der Waals surface area contributed by atoms with Crippen molar-refractivity contribution in [1.82, 2.24) is 18.8 Å². The van der Waals surface area contributed by atoms with Gasteiger partial charge in [0.05, 0.1) is 12.5 Å². The van der Waals surface area contributed by atoms with Crippen LogP contribution in [0.25, 0.3) is 0 Å². The second-order valence-corrected chi connectivity index (χ2v) is 10.4. The van der Waals surface area contributed by atoms with Crippen molar-refractivity contribution < 1.29 is 22.7 Å². The highest BCUT2D eigenvalue weighted by molar-refractivity contribution is 7.86. The molecule has 2 aliphatic heterocycles. The summed E-state index contributed by atoms with van der Waals surface area (Å²) in [5, 5.41) is 3.18. The fourth-order valence-corrected chi connectivity index (χ4v) is 6.27. The van der Waals surface area contributed by atoms with Crippen molar-refractivity contribution in [3.05, 3.63) is 0 Å². The third kappa shape index (κ3) is 5.85. The topological polar surface area (TPSA) is 99.3 Å². The van der Waals surface area contributed by atoms with Gasteiger partial charge in [-0.25, -0.2) is 4.79 Å². The van der Waals surface area contributed by atoms with Crippen molar-refractivity contribution >= 4 is 22.2 Å².